The molecular weight excluding hydrogens is 178 g/mol. The maximum absolute atomic E-state index is 5.53. The van der Waals surface area contributed by atoms with Crippen molar-refractivity contribution >= 4 is 11.6 Å². The Kier molecular flexibility index (Phi) is 3.41. The van der Waals surface area contributed by atoms with Crippen LogP contribution in [0.15, 0.2) is 4.42 Å². The summed E-state index contributed by atoms with van der Waals surface area (Å²) in [7, 11) is 1.57. The second kappa shape index (κ2) is 4.36. The minimum absolute atomic E-state index is 0.500. The third kappa shape index (κ3) is 2.14. The standard InChI is InChI=1S/C8H12ClNO2/c1-6-8(11-2)12-7(10-6)4-3-5-9/h3-5H2,1-2H3. The summed E-state index contributed by atoms with van der Waals surface area (Å²) in [4.78, 5) is 4.17. The molecule has 68 valence electrons. The third-order valence-corrected chi connectivity index (χ3v) is 1.78. The predicted octanol–water partition coefficient (Wildman–Crippen LogP) is 2.16. The quantitative estimate of drug-likeness (QED) is 0.681. The van der Waals surface area contributed by atoms with E-state index in [1.807, 2.05) is 6.92 Å². The summed E-state index contributed by atoms with van der Waals surface area (Å²) in [5.74, 6) is 1.83. The number of alkyl halides is 1. The van der Waals surface area contributed by atoms with Crippen LogP contribution in [0.2, 0.25) is 0 Å². The van der Waals surface area contributed by atoms with Gasteiger partial charge >= 0.3 is 5.95 Å². The zero-order valence-electron chi connectivity index (χ0n) is 7.26. The molecular formula is C8H12ClNO2. The van der Waals surface area contributed by atoms with E-state index in [-0.39, 0.29) is 0 Å². The highest BCUT2D eigenvalue weighted by molar-refractivity contribution is 6.17. The first kappa shape index (κ1) is 9.39. The van der Waals surface area contributed by atoms with Crippen molar-refractivity contribution < 1.29 is 9.15 Å². The Labute approximate surface area is 76.7 Å². The average Bonchev–Trinajstić information content (AvgIpc) is 2.43. The molecule has 1 aromatic rings. The number of rotatable bonds is 4. The minimum Gasteiger partial charge on any atom is -0.467 e. The summed E-state index contributed by atoms with van der Waals surface area (Å²) in [5, 5.41) is 0. The lowest BCUT2D eigenvalue weighted by molar-refractivity contribution is 0.291. The Morgan fingerprint density at radius 2 is 2.33 bits per heavy atom. The number of halogens is 1. The summed E-state index contributed by atoms with van der Waals surface area (Å²) >= 11 is 5.53. The molecule has 0 radical (unpaired) electrons. The number of ether oxygens (including phenoxy) is 1. The lowest BCUT2D eigenvalue weighted by Crippen LogP contribution is -1.85. The van der Waals surface area contributed by atoms with Gasteiger partial charge in [0.1, 0.15) is 5.69 Å². The molecule has 0 unspecified atom stereocenters. The van der Waals surface area contributed by atoms with Gasteiger partial charge in [0.25, 0.3) is 0 Å². The van der Waals surface area contributed by atoms with Crippen LogP contribution in [0, 0.1) is 6.92 Å². The summed E-state index contributed by atoms with van der Waals surface area (Å²) in [5.41, 5.74) is 0.794. The molecule has 3 nitrogen and oxygen atoms in total. The van der Waals surface area contributed by atoms with Crippen LogP contribution in [-0.2, 0) is 6.42 Å². The first-order valence-corrected chi connectivity index (χ1v) is 4.37. The fourth-order valence-corrected chi connectivity index (χ4v) is 1.08. The van der Waals surface area contributed by atoms with E-state index in [9.17, 15) is 0 Å². The van der Waals surface area contributed by atoms with Crippen LogP contribution in [0.5, 0.6) is 5.95 Å². The van der Waals surface area contributed by atoms with Crippen molar-refractivity contribution in [3.8, 4) is 5.95 Å². The van der Waals surface area contributed by atoms with Crippen molar-refractivity contribution in [3.05, 3.63) is 11.6 Å². The molecule has 0 bridgehead atoms. The Morgan fingerprint density at radius 3 is 2.83 bits per heavy atom. The molecule has 12 heavy (non-hydrogen) atoms. The molecule has 0 amide bonds. The number of oxazole rings is 1. The smallest absolute Gasteiger partial charge is 0.307 e. The number of aryl methyl sites for hydroxylation is 2. The van der Waals surface area contributed by atoms with Crippen molar-refractivity contribution in [3.63, 3.8) is 0 Å². The van der Waals surface area contributed by atoms with Crippen LogP contribution < -0.4 is 4.74 Å². The van der Waals surface area contributed by atoms with E-state index in [2.05, 4.69) is 4.98 Å². The van der Waals surface area contributed by atoms with Gasteiger partial charge in [0, 0.05) is 12.3 Å². The van der Waals surface area contributed by atoms with Gasteiger partial charge in [0.15, 0.2) is 5.89 Å². The molecule has 1 rings (SSSR count). The van der Waals surface area contributed by atoms with Gasteiger partial charge in [0.2, 0.25) is 0 Å². The van der Waals surface area contributed by atoms with E-state index in [0.717, 1.165) is 18.5 Å². The van der Waals surface area contributed by atoms with E-state index in [0.29, 0.717) is 17.7 Å². The molecule has 0 N–H and O–H groups in total. The van der Waals surface area contributed by atoms with E-state index in [4.69, 9.17) is 20.8 Å². The van der Waals surface area contributed by atoms with Crippen molar-refractivity contribution in [2.75, 3.05) is 13.0 Å². The zero-order chi connectivity index (χ0) is 8.97. The lowest BCUT2D eigenvalue weighted by Gasteiger charge is -1.91. The van der Waals surface area contributed by atoms with E-state index < -0.39 is 0 Å². The van der Waals surface area contributed by atoms with Crippen molar-refractivity contribution in [2.45, 2.75) is 19.8 Å². The van der Waals surface area contributed by atoms with Gasteiger partial charge in [-0.05, 0) is 13.3 Å². The minimum atomic E-state index is 0.500. The van der Waals surface area contributed by atoms with Crippen LogP contribution in [0.1, 0.15) is 18.0 Å². The molecule has 0 spiro atoms. The third-order valence-electron chi connectivity index (χ3n) is 1.51. The van der Waals surface area contributed by atoms with E-state index in [1.165, 1.54) is 0 Å². The van der Waals surface area contributed by atoms with Crippen molar-refractivity contribution in [2.24, 2.45) is 0 Å². The SMILES string of the molecule is COc1oc(CCCCl)nc1C. The molecule has 0 aromatic carbocycles. The fourth-order valence-electron chi connectivity index (χ4n) is 0.951. The second-order valence-electron chi connectivity index (χ2n) is 2.48. The Balaban J connectivity index is 2.62. The summed E-state index contributed by atoms with van der Waals surface area (Å²) in [6, 6.07) is 0. The molecule has 0 saturated heterocycles. The molecule has 0 aliphatic carbocycles. The van der Waals surface area contributed by atoms with Gasteiger partial charge in [0.05, 0.1) is 7.11 Å². The van der Waals surface area contributed by atoms with Crippen LogP contribution in [-0.4, -0.2) is 18.0 Å². The average molecular weight is 190 g/mol. The monoisotopic (exact) mass is 189 g/mol. The van der Waals surface area contributed by atoms with Gasteiger partial charge in [-0.3, -0.25) is 0 Å². The highest BCUT2D eigenvalue weighted by Crippen LogP contribution is 2.18. The Hall–Kier alpha value is -0.700. The van der Waals surface area contributed by atoms with Crippen LogP contribution in [0.3, 0.4) is 0 Å². The Morgan fingerprint density at radius 1 is 1.58 bits per heavy atom. The number of hydrogen-bond donors (Lipinski definition) is 0. The number of aromatic nitrogens is 1. The first-order chi connectivity index (χ1) is 5.77. The lowest BCUT2D eigenvalue weighted by atomic mass is 10.3. The molecule has 1 aromatic heterocycles. The molecule has 4 heteroatoms. The normalized spacial score (nSPS) is 10.2. The number of nitrogens with zero attached hydrogens (tertiary/aromatic N) is 1. The Bertz CT molecular complexity index is 247. The topological polar surface area (TPSA) is 35.3 Å². The molecule has 0 fully saturated rings. The van der Waals surface area contributed by atoms with Gasteiger partial charge in [-0.2, -0.15) is 0 Å². The highest BCUT2D eigenvalue weighted by atomic mass is 35.5. The number of methoxy groups -OCH3 is 1. The zero-order valence-corrected chi connectivity index (χ0v) is 8.02. The van der Waals surface area contributed by atoms with Gasteiger partial charge in [-0.15, -0.1) is 11.6 Å². The highest BCUT2D eigenvalue weighted by Gasteiger charge is 2.08. The maximum atomic E-state index is 5.53. The summed E-state index contributed by atoms with van der Waals surface area (Å²) < 4.78 is 10.2. The van der Waals surface area contributed by atoms with E-state index >= 15 is 0 Å². The maximum Gasteiger partial charge on any atom is 0.307 e. The first-order valence-electron chi connectivity index (χ1n) is 3.84. The second-order valence-corrected chi connectivity index (χ2v) is 2.86. The van der Waals surface area contributed by atoms with Crippen LogP contribution >= 0.6 is 11.6 Å². The molecule has 0 saturated carbocycles. The van der Waals surface area contributed by atoms with Crippen LogP contribution in [0.25, 0.3) is 0 Å². The molecule has 0 aliphatic rings. The summed E-state index contributed by atoms with van der Waals surface area (Å²) in [6.07, 6.45) is 1.65. The van der Waals surface area contributed by atoms with Crippen molar-refractivity contribution in [1.82, 2.24) is 4.98 Å². The van der Waals surface area contributed by atoms with E-state index in [1.54, 1.807) is 7.11 Å². The fraction of sp³-hybridized carbons (Fsp3) is 0.625. The van der Waals surface area contributed by atoms with Gasteiger partial charge < -0.3 is 9.15 Å². The largest absolute Gasteiger partial charge is 0.467 e. The van der Waals surface area contributed by atoms with Crippen molar-refractivity contribution in [1.29, 1.82) is 0 Å². The molecule has 1 heterocycles. The molecule has 0 aliphatic heterocycles. The molecule has 0 atom stereocenters. The number of hydrogen-bond acceptors (Lipinski definition) is 3. The predicted molar refractivity (Wildman–Crippen MR) is 46.8 cm³/mol. The summed E-state index contributed by atoms with van der Waals surface area (Å²) in [6.45, 7) is 1.85. The van der Waals surface area contributed by atoms with Crippen LogP contribution in [0.4, 0.5) is 0 Å². The van der Waals surface area contributed by atoms with Gasteiger partial charge in [-0.25, -0.2) is 4.98 Å². The van der Waals surface area contributed by atoms with Gasteiger partial charge in [-0.1, -0.05) is 0 Å².